The van der Waals surface area contributed by atoms with Gasteiger partial charge in [0.15, 0.2) is 12.4 Å². The lowest BCUT2D eigenvalue weighted by Crippen LogP contribution is -2.37. The fourth-order valence-electron chi connectivity index (χ4n) is 4.52. The fourth-order valence-corrected chi connectivity index (χ4v) is 4.52. The Kier molecular flexibility index (Phi) is 7.87. The van der Waals surface area contributed by atoms with Gasteiger partial charge in [-0.2, -0.15) is 4.98 Å². The molecule has 12 nitrogen and oxygen atoms in total. The molecule has 3 aromatic heterocycles. The van der Waals surface area contributed by atoms with Crippen LogP contribution in [0.5, 0.6) is 17.4 Å². The Hall–Kier alpha value is -3.93. The Morgan fingerprint density at radius 3 is 2.55 bits per heavy atom. The van der Waals surface area contributed by atoms with Crippen LogP contribution >= 0.6 is 0 Å². The Morgan fingerprint density at radius 1 is 1.11 bits per heavy atom. The van der Waals surface area contributed by atoms with E-state index in [0.717, 1.165) is 50.1 Å². The first kappa shape index (κ1) is 25.7. The molecular weight excluding hydrogens is 490 g/mol. The summed E-state index contributed by atoms with van der Waals surface area (Å²) >= 11 is 0. The second-order valence-electron chi connectivity index (χ2n) is 9.70. The number of amides is 1. The van der Waals surface area contributed by atoms with Gasteiger partial charge >= 0.3 is 0 Å². The van der Waals surface area contributed by atoms with Gasteiger partial charge in [-0.05, 0) is 31.7 Å². The summed E-state index contributed by atoms with van der Waals surface area (Å²) in [5.41, 5.74) is 0.736. The third-order valence-corrected chi connectivity index (χ3v) is 6.73. The molecular formula is C26H33N7O5. The Labute approximate surface area is 221 Å². The Balaban J connectivity index is 1.18. The average molecular weight is 524 g/mol. The van der Waals surface area contributed by atoms with Crippen molar-refractivity contribution < 1.29 is 24.1 Å². The van der Waals surface area contributed by atoms with Crippen LogP contribution in [0.25, 0.3) is 10.9 Å². The van der Waals surface area contributed by atoms with E-state index in [9.17, 15) is 9.90 Å². The lowest BCUT2D eigenvalue weighted by molar-refractivity contribution is -0.130. The summed E-state index contributed by atoms with van der Waals surface area (Å²) in [4.78, 5) is 33.2. The highest BCUT2D eigenvalue weighted by Crippen LogP contribution is 2.33. The number of rotatable bonds is 8. The van der Waals surface area contributed by atoms with E-state index in [-0.39, 0.29) is 30.4 Å². The quantitative estimate of drug-likeness (QED) is 0.450. The molecule has 1 aliphatic heterocycles. The number of carbonyl (C=O) groups is 1. The zero-order valence-corrected chi connectivity index (χ0v) is 21.7. The molecule has 1 aliphatic carbocycles. The van der Waals surface area contributed by atoms with Gasteiger partial charge in [0.1, 0.15) is 17.7 Å². The molecule has 38 heavy (non-hydrogen) atoms. The van der Waals surface area contributed by atoms with E-state index >= 15 is 0 Å². The van der Waals surface area contributed by atoms with E-state index in [2.05, 4.69) is 25.2 Å². The normalized spacial score (nSPS) is 19.7. The van der Waals surface area contributed by atoms with Crippen molar-refractivity contribution in [3.8, 4) is 17.4 Å². The molecule has 0 atom stereocenters. The number of morpholine rings is 1. The molecule has 0 spiro atoms. The van der Waals surface area contributed by atoms with Gasteiger partial charge in [0, 0.05) is 39.3 Å². The number of hydrogen-bond acceptors (Lipinski definition) is 11. The summed E-state index contributed by atoms with van der Waals surface area (Å²) in [7, 11) is 3.36. The maximum absolute atomic E-state index is 11.7. The van der Waals surface area contributed by atoms with Gasteiger partial charge in [-0.1, -0.05) is 0 Å². The number of carbonyl (C=O) groups excluding carboxylic acids is 1. The minimum absolute atomic E-state index is 0.00281. The van der Waals surface area contributed by atoms with Crippen molar-refractivity contribution in [2.45, 2.75) is 37.8 Å². The van der Waals surface area contributed by atoms with Gasteiger partial charge in [0.25, 0.3) is 5.91 Å². The number of ether oxygens (including phenoxy) is 3. The SMILES string of the molecule is CN(C)C(=O)COc1cnc(NC2CCC(Oc3nc(N4CCOCC4)cc4ncc(O)cc34)CC2)nc1. The molecule has 202 valence electrons. The van der Waals surface area contributed by atoms with Crippen molar-refractivity contribution in [1.82, 2.24) is 24.8 Å². The minimum atomic E-state index is -0.129. The van der Waals surface area contributed by atoms with Gasteiger partial charge in [-0.15, -0.1) is 0 Å². The first-order valence-corrected chi connectivity index (χ1v) is 12.9. The van der Waals surface area contributed by atoms with Crippen molar-refractivity contribution in [2.75, 3.05) is 57.2 Å². The van der Waals surface area contributed by atoms with Crippen LogP contribution in [0.4, 0.5) is 11.8 Å². The topological polar surface area (TPSA) is 135 Å². The highest BCUT2D eigenvalue weighted by Gasteiger charge is 2.25. The maximum atomic E-state index is 11.7. The first-order chi connectivity index (χ1) is 18.4. The van der Waals surface area contributed by atoms with Crippen LogP contribution in [0, 0.1) is 0 Å². The van der Waals surface area contributed by atoms with Gasteiger partial charge in [0.2, 0.25) is 11.8 Å². The number of fused-ring (bicyclic) bond motifs is 1. The molecule has 1 amide bonds. The fraction of sp³-hybridized carbons (Fsp3) is 0.500. The number of nitrogens with zero attached hydrogens (tertiary/aromatic N) is 6. The number of pyridine rings is 2. The van der Waals surface area contributed by atoms with Gasteiger partial charge < -0.3 is 34.4 Å². The van der Waals surface area contributed by atoms with Gasteiger partial charge in [-0.25, -0.2) is 9.97 Å². The van der Waals surface area contributed by atoms with Crippen molar-refractivity contribution in [3.05, 3.63) is 30.7 Å². The van der Waals surface area contributed by atoms with Crippen LogP contribution in [0.1, 0.15) is 25.7 Å². The van der Waals surface area contributed by atoms with E-state index in [1.165, 1.54) is 11.1 Å². The number of hydrogen-bond donors (Lipinski definition) is 2. The Morgan fingerprint density at radius 2 is 1.84 bits per heavy atom. The summed E-state index contributed by atoms with van der Waals surface area (Å²) in [6, 6.07) is 3.80. The molecule has 0 aromatic carbocycles. The third-order valence-electron chi connectivity index (χ3n) is 6.73. The molecule has 1 saturated heterocycles. The number of likely N-dealkylation sites (N-methyl/N-ethyl adjacent to an activating group) is 1. The van der Waals surface area contributed by atoms with Crippen LogP contribution in [-0.2, 0) is 9.53 Å². The molecule has 0 bridgehead atoms. The second-order valence-corrected chi connectivity index (χ2v) is 9.70. The lowest BCUT2D eigenvalue weighted by Gasteiger charge is -2.31. The van der Waals surface area contributed by atoms with Crippen LogP contribution in [-0.4, -0.2) is 95.0 Å². The monoisotopic (exact) mass is 523 g/mol. The second kappa shape index (κ2) is 11.6. The van der Waals surface area contributed by atoms with Crippen LogP contribution < -0.4 is 19.7 Å². The van der Waals surface area contributed by atoms with Gasteiger partial charge in [0.05, 0.1) is 42.7 Å². The smallest absolute Gasteiger partial charge is 0.259 e. The molecule has 2 N–H and O–H groups in total. The molecule has 12 heteroatoms. The van der Waals surface area contributed by atoms with Crippen molar-refractivity contribution in [1.29, 1.82) is 0 Å². The molecule has 0 unspecified atom stereocenters. The minimum Gasteiger partial charge on any atom is -0.506 e. The van der Waals surface area contributed by atoms with Crippen molar-refractivity contribution >= 4 is 28.6 Å². The zero-order chi connectivity index (χ0) is 26.5. The summed E-state index contributed by atoms with van der Waals surface area (Å²) in [6.07, 6.45) is 8.00. The predicted octanol–water partition coefficient (Wildman–Crippen LogP) is 2.23. The molecule has 2 fully saturated rings. The predicted molar refractivity (Wildman–Crippen MR) is 141 cm³/mol. The van der Waals surface area contributed by atoms with Crippen LogP contribution in [0.15, 0.2) is 30.7 Å². The van der Waals surface area contributed by atoms with E-state index in [4.69, 9.17) is 19.2 Å². The van der Waals surface area contributed by atoms with Crippen LogP contribution in [0.2, 0.25) is 0 Å². The average Bonchev–Trinajstić information content (AvgIpc) is 2.94. The zero-order valence-electron chi connectivity index (χ0n) is 21.7. The first-order valence-electron chi connectivity index (χ1n) is 12.9. The number of aromatic hydroxyl groups is 1. The highest BCUT2D eigenvalue weighted by molar-refractivity contribution is 5.87. The van der Waals surface area contributed by atoms with Crippen molar-refractivity contribution in [2.24, 2.45) is 0 Å². The summed E-state index contributed by atoms with van der Waals surface area (Å²) < 4.78 is 17.3. The molecule has 0 radical (unpaired) electrons. The van der Waals surface area contributed by atoms with E-state index in [1.807, 2.05) is 6.07 Å². The molecule has 1 saturated carbocycles. The van der Waals surface area contributed by atoms with E-state index < -0.39 is 0 Å². The number of anilines is 2. The third kappa shape index (κ3) is 6.31. The highest BCUT2D eigenvalue weighted by atomic mass is 16.5. The summed E-state index contributed by atoms with van der Waals surface area (Å²) in [5, 5.41) is 14.1. The molecule has 3 aromatic rings. The lowest BCUT2D eigenvalue weighted by atomic mass is 9.93. The Bertz CT molecular complexity index is 1240. The molecule has 4 heterocycles. The standard InChI is InChI=1S/C26H33N7O5/c1-32(2)24(35)16-37-20-14-28-26(29-15-20)30-17-3-5-19(6-4-17)38-25-21-11-18(34)13-27-22(21)12-23(31-25)33-7-9-36-10-8-33/h11-15,17,19,34H,3-10,16H2,1-2H3,(H,28,29,30). The maximum Gasteiger partial charge on any atom is 0.259 e. The molecule has 5 rings (SSSR count). The van der Waals surface area contributed by atoms with Crippen molar-refractivity contribution in [3.63, 3.8) is 0 Å². The number of aromatic nitrogens is 4. The largest absolute Gasteiger partial charge is 0.506 e. The van der Waals surface area contributed by atoms with E-state index in [0.29, 0.717) is 36.2 Å². The summed E-state index contributed by atoms with van der Waals surface area (Å²) in [5.74, 6) is 2.22. The van der Waals surface area contributed by atoms with E-state index in [1.54, 1.807) is 32.6 Å². The van der Waals surface area contributed by atoms with Gasteiger partial charge in [-0.3, -0.25) is 9.78 Å². The number of nitrogens with one attached hydrogen (secondary N) is 1. The molecule has 2 aliphatic rings. The van der Waals surface area contributed by atoms with Crippen LogP contribution in [0.3, 0.4) is 0 Å². The summed E-state index contributed by atoms with van der Waals surface area (Å²) in [6.45, 7) is 2.78.